The van der Waals surface area contributed by atoms with Crippen LogP contribution in [0, 0.1) is 0 Å². The topological polar surface area (TPSA) is 75.1 Å². The number of thioether (sulfide) groups is 1. The first-order valence-electron chi connectivity index (χ1n) is 5.01. The minimum atomic E-state index is -1.05. The molecular weight excluding hydrogens is 226 g/mol. The van der Waals surface area contributed by atoms with Crippen molar-refractivity contribution in [3.63, 3.8) is 0 Å². The summed E-state index contributed by atoms with van der Waals surface area (Å²) in [5, 5.41) is 19.3. The van der Waals surface area contributed by atoms with Gasteiger partial charge in [-0.25, -0.2) is 4.79 Å². The number of carboxylic acids is 1. The van der Waals surface area contributed by atoms with E-state index in [0.717, 1.165) is 6.54 Å². The highest BCUT2D eigenvalue weighted by Gasteiger charge is 2.41. The number of anilines is 1. The first-order valence-corrected chi connectivity index (χ1v) is 6.24. The van der Waals surface area contributed by atoms with Crippen LogP contribution in [-0.2, 0) is 0 Å². The summed E-state index contributed by atoms with van der Waals surface area (Å²) >= 11 is 1.86. The maximum atomic E-state index is 10.6. The van der Waals surface area contributed by atoms with Gasteiger partial charge < -0.3 is 10.4 Å². The molecule has 0 aliphatic heterocycles. The second kappa shape index (κ2) is 4.29. The van der Waals surface area contributed by atoms with Crippen LogP contribution in [-0.4, -0.2) is 38.8 Å². The molecule has 2 rings (SSSR count). The Bertz CT molecular complexity index is 390. The molecule has 6 heteroatoms. The highest BCUT2D eigenvalue weighted by Crippen LogP contribution is 2.46. The number of nitrogens with one attached hydrogen (secondary N) is 1. The zero-order chi connectivity index (χ0) is 11.6. The molecule has 5 nitrogen and oxygen atoms in total. The Hall–Kier alpha value is -1.30. The van der Waals surface area contributed by atoms with Crippen molar-refractivity contribution in [1.29, 1.82) is 0 Å². The summed E-state index contributed by atoms with van der Waals surface area (Å²) in [6.07, 6.45) is 4.55. The van der Waals surface area contributed by atoms with E-state index < -0.39 is 5.97 Å². The molecule has 0 spiro atoms. The van der Waals surface area contributed by atoms with Crippen LogP contribution in [0.3, 0.4) is 0 Å². The van der Waals surface area contributed by atoms with Crippen LogP contribution < -0.4 is 5.32 Å². The van der Waals surface area contributed by atoms with Gasteiger partial charge in [-0.05, 0) is 31.2 Å². The van der Waals surface area contributed by atoms with Gasteiger partial charge in [-0.1, -0.05) is 0 Å². The Morgan fingerprint density at radius 3 is 2.75 bits per heavy atom. The van der Waals surface area contributed by atoms with Gasteiger partial charge in [0.05, 0.1) is 0 Å². The zero-order valence-corrected chi connectivity index (χ0v) is 9.75. The summed E-state index contributed by atoms with van der Waals surface area (Å²) in [4.78, 5) is 10.6. The zero-order valence-electron chi connectivity index (χ0n) is 8.93. The lowest BCUT2D eigenvalue weighted by Crippen LogP contribution is -2.18. The molecule has 86 valence electrons. The van der Waals surface area contributed by atoms with Gasteiger partial charge >= 0.3 is 5.97 Å². The van der Waals surface area contributed by atoms with E-state index in [1.54, 1.807) is 6.07 Å². The molecule has 0 aromatic carbocycles. The molecule has 0 saturated heterocycles. The van der Waals surface area contributed by atoms with Gasteiger partial charge in [-0.15, -0.1) is 10.2 Å². The molecule has 1 aromatic heterocycles. The molecule has 0 amide bonds. The van der Waals surface area contributed by atoms with Gasteiger partial charge in [0.15, 0.2) is 5.69 Å². The second-order valence-electron chi connectivity index (χ2n) is 3.85. The van der Waals surface area contributed by atoms with E-state index in [4.69, 9.17) is 5.11 Å². The third kappa shape index (κ3) is 2.44. The van der Waals surface area contributed by atoms with Crippen LogP contribution >= 0.6 is 11.8 Å². The molecule has 1 heterocycles. The largest absolute Gasteiger partial charge is 0.476 e. The number of carbonyl (C=O) groups is 1. The summed E-state index contributed by atoms with van der Waals surface area (Å²) in [5.74, 6) is -0.424. The number of carboxylic acid groups (broad SMARTS) is 1. The van der Waals surface area contributed by atoms with Crippen molar-refractivity contribution >= 4 is 23.5 Å². The van der Waals surface area contributed by atoms with Crippen molar-refractivity contribution in [3.05, 3.63) is 17.8 Å². The van der Waals surface area contributed by atoms with Gasteiger partial charge in [-0.2, -0.15) is 11.8 Å². The Morgan fingerprint density at radius 2 is 2.31 bits per heavy atom. The molecule has 1 aromatic rings. The first-order chi connectivity index (χ1) is 7.65. The van der Waals surface area contributed by atoms with E-state index in [1.807, 2.05) is 11.8 Å². The molecule has 16 heavy (non-hydrogen) atoms. The van der Waals surface area contributed by atoms with E-state index in [-0.39, 0.29) is 5.69 Å². The van der Waals surface area contributed by atoms with Gasteiger partial charge in [-0.3, -0.25) is 0 Å². The SMILES string of the molecule is CSC1(CNc2ccc(C(=O)O)nn2)CC1. The average Bonchev–Trinajstić information content (AvgIpc) is 3.08. The van der Waals surface area contributed by atoms with E-state index in [9.17, 15) is 4.79 Å². The third-order valence-corrected chi connectivity index (χ3v) is 4.13. The van der Waals surface area contributed by atoms with Gasteiger partial charge in [0, 0.05) is 11.3 Å². The normalized spacial score (nSPS) is 16.8. The number of hydrogen-bond acceptors (Lipinski definition) is 5. The minimum Gasteiger partial charge on any atom is -0.476 e. The predicted molar refractivity (Wildman–Crippen MR) is 63.0 cm³/mol. The lowest BCUT2D eigenvalue weighted by atomic mass is 10.3. The summed E-state index contributed by atoms with van der Waals surface area (Å²) < 4.78 is 0.354. The number of hydrogen-bond donors (Lipinski definition) is 2. The van der Waals surface area contributed by atoms with E-state index >= 15 is 0 Å². The lowest BCUT2D eigenvalue weighted by Gasteiger charge is -2.12. The Labute approximate surface area is 97.7 Å². The summed E-state index contributed by atoms with van der Waals surface area (Å²) in [7, 11) is 0. The van der Waals surface area contributed by atoms with Crippen molar-refractivity contribution in [2.24, 2.45) is 0 Å². The maximum absolute atomic E-state index is 10.6. The summed E-state index contributed by atoms with van der Waals surface area (Å²) in [6.45, 7) is 0.856. The predicted octanol–water partition coefficient (Wildman–Crippen LogP) is 1.48. The molecule has 0 unspecified atom stereocenters. The van der Waals surface area contributed by atoms with E-state index in [0.29, 0.717) is 10.6 Å². The standard InChI is InChI=1S/C10H13N3O2S/c1-16-10(4-5-10)6-11-8-3-2-7(9(14)15)12-13-8/h2-3H,4-6H2,1H3,(H,11,13)(H,14,15). The quantitative estimate of drug-likeness (QED) is 0.810. The molecule has 0 bridgehead atoms. The van der Waals surface area contributed by atoms with Crippen molar-refractivity contribution < 1.29 is 9.90 Å². The molecule has 2 N–H and O–H groups in total. The van der Waals surface area contributed by atoms with Crippen molar-refractivity contribution in [2.75, 3.05) is 18.1 Å². The van der Waals surface area contributed by atoms with Crippen LogP contribution in [0.1, 0.15) is 23.3 Å². The van der Waals surface area contributed by atoms with E-state index in [1.165, 1.54) is 18.9 Å². The van der Waals surface area contributed by atoms with Crippen molar-refractivity contribution in [3.8, 4) is 0 Å². The molecule has 1 aliphatic carbocycles. The molecule has 1 saturated carbocycles. The lowest BCUT2D eigenvalue weighted by molar-refractivity contribution is 0.0689. The van der Waals surface area contributed by atoms with Gasteiger partial charge in [0.2, 0.25) is 0 Å². The molecular formula is C10H13N3O2S. The van der Waals surface area contributed by atoms with Crippen molar-refractivity contribution in [2.45, 2.75) is 17.6 Å². The first kappa shape index (κ1) is 11.2. The smallest absolute Gasteiger partial charge is 0.356 e. The number of aromatic nitrogens is 2. The average molecular weight is 239 g/mol. The van der Waals surface area contributed by atoms with Crippen LogP contribution in [0.15, 0.2) is 12.1 Å². The number of rotatable bonds is 5. The van der Waals surface area contributed by atoms with Crippen LogP contribution in [0.25, 0.3) is 0 Å². The second-order valence-corrected chi connectivity index (χ2v) is 5.12. The monoisotopic (exact) mass is 239 g/mol. The Morgan fingerprint density at radius 1 is 1.56 bits per heavy atom. The highest BCUT2D eigenvalue weighted by molar-refractivity contribution is 8.00. The molecule has 0 radical (unpaired) electrons. The number of nitrogens with zero attached hydrogens (tertiary/aromatic N) is 2. The third-order valence-electron chi connectivity index (χ3n) is 2.72. The van der Waals surface area contributed by atoms with Gasteiger partial charge in [0.1, 0.15) is 5.82 Å². The summed E-state index contributed by atoms with van der Waals surface area (Å²) in [6, 6.07) is 3.10. The minimum absolute atomic E-state index is 0.0310. The van der Waals surface area contributed by atoms with Gasteiger partial charge in [0.25, 0.3) is 0 Å². The fraction of sp³-hybridized carbons (Fsp3) is 0.500. The van der Waals surface area contributed by atoms with E-state index in [2.05, 4.69) is 21.8 Å². The van der Waals surface area contributed by atoms with Crippen LogP contribution in [0.5, 0.6) is 0 Å². The van der Waals surface area contributed by atoms with Crippen LogP contribution in [0.2, 0.25) is 0 Å². The number of aromatic carboxylic acids is 1. The highest BCUT2D eigenvalue weighted by atomic mass is 32.2. The molecule has 1 fully saturated rings. The molecule has 1 aliphatic rings. The summed E-state index contributed by atoms with van der Waals surface area (Å²) in [5.41, 5.74) is -0.0310. The van der Waals surface area contributed by atoms with Crippen molar-refractivity contribution in [1.82, 2.24) is 10.2 Å². The fourth-order valence-electron chi connectivity index (χ4n) is 1.38. The van der Waals surface area contributed by atoms with Crippen LogP contribution in [0.4, 0.5) is 5.82 Å². The fourth-order valence-corrected chi connectivity index (χ4v) is 2.11. The molecule has 0 atom stereocenters. The Balaban J connectivity index is 1.93. The maximum Gasteiger partial charge on any atom is 0.356 e. The Kier molecular flexibility index (Phi) is 3.00.